The number of hydrogen-bond donors (Lipinski definition) is 0. The lowest BCUT2D eigenvalue weighted by Crippen LogP contribution is -2.44. The molecule has 3 fully saturated rings. The summed E-state index contributed by atoms with van der Waals surface area (Å²) in [6.07, 6.45) is 4.05. The molecule has 0 saturated carbocycles. The molecule has 23 heavy (non-hydrogen) atoms. The number of nitrogens with zero attached hydrogens (tertiary/aromatic N) is 3. The molecule has 0 N–H and O–H groups in total. The molecule has 0 unspecified atom stereocenters. The molecule has 6 nitrogen and oxygen atoms in total. The fraction of sp³-hybridized carbons (Fsp3) is 0.882. The minimum atomic E-state index is -0.412. The van der Waals surface area contributed by atoms with Crippen LogP contribution in [0.3, 0.4) is 0 Å². The van der Waals surface area contributed by atoms with Crippen molar-refractivity contribution in [1.82, 2.24) is 14.7 Å². The normalized spacial score (nSPS) is 27.7. The summed E-state index contributed by atoms with van der Waals surface area (Å²) >= 11 is 0. The van der Waals surface area contributed by atoms with Gasteiger partial charge in [-0.05, 0) is 38.1 Å². The van der Waals surface area contributed by atoms with Crippen LogP contribution in [0.5, 0.6) is 0 Å². The lowest BCUT2D eigenvalue weighted by Gasteiger charge is -2.34. The number of likely N-dealkylation sites (tertiary alicyclic amines) is 2. The summed E-state index contributed by atoms with van der Waals surface area (Å²) in [5, 5.41) is 0. The van der Waals surface area contributed by atoms with Gasteiger partial charge in [0.15, 0.2) is 0 Å². The van der Waals surface area contributed by atoms with Gasteiger partial charge >= 0.3 is 0 Å². The zero-order chi connectivity index (χ0) is 16.2. The third-order valence-corrected chi connectivity index (χ3v) is 5.61. The van der Waals surface area contributed by atoms with Gasteiger partial charge in [0.1, 0.15) is 5.92 Å². The first-order valence-corrected chi connectivity index (χ1v) is 8.99. The largest absolute Gasteiger partial charge is 0.379 e. The molecule has 3 aliphatic rings. The number of morpholine rings is 1. The number of carbonyl (C=O) groups is 2. The van der Waals surface area contributed by atoms with Crippen molar-refractivity contribution in [2.75, 3.05) is 59.5 Å². The molecule has 0 aliphatic carbocycles. The van der Waals surface area contributed by atoms with Gasteiger partial charge in [-0.1, -0.05) is 0 Å². The standard InChI is InChI=1S/C17H29N3O3/c1-18-6-5-15(16(18)21)17(22)20-8-3-14(4-9-20)2-7-19-10-12-23-13-11-19/h14-15H,2-13H2,1H3/t15-/m0/s1. The molecular formula is C17H29N3O3. The number of amides is 2. The topological polar surface area (TPSA) is 53.1 Å². The van der Waals surface area contributed by atoms with E-state index in [0.29, 0.717) is 18.9 Å². The molecule has 0 bridgehead atoms. The molecule has 1 atom stereocenters. The van der Waals surface area contributed by atoms with Crippen molar-refractivity contribution in [2.45, 2.75) is 25.7 Å². The summed E-state index contributed by atoms with van der Waals surface area (Å²) in [7, 11) is 1.79. The monoisotopic (exact) mass is 323 g/mol. The van der Waals surface area contributed by atoms with E-state index >= 15 is 0 Å². The number of piperidine rings is 1. The van der Waals surface area contributed by atoms with Crippen LogP contribution in [0.25, 0.3) is 0 Å². The molecule has 2 amide bonds. The van der Waals surface area contributed by atoms with Gasteiger partial charge in [0.05, 0.1) is 13.2 Å². The van der Waals surface area contributed by atoms with Crippen LogP contribution in [0.15, 0.2) is 0 Å². The molecule has 6 heteroatoms. The van der Waals surface area contributed by atoms with Gasteiger partial charge in [-0.3, -0.25) is 14.5 Å². The molecule has 3 heterocycles. The molecule has 0 aromatic heterocycles. The van der Waals surface area contributed by atoms with Crippen molar-refractivity contribution in [3.8, 4) is 0 Å². The summed E-state index contributed by atoms with van der Waals surface area (Å²) in [6.45, 7) is 7.32. The summed E-state index contributed by atoms with van der Waals surface area (Å²) in [6, 6.07) is 0. The van der Waals surface area contributed by atoms with Crippen molar-refractivity contribution in [2.24, 2.45) is 11.8 Å². The van der Waals surface area contributed by atoms with Gasteiger partial charge < -0.3 is 14.5 Å². The first-order valence-electron chi connectivity index (χ1n) is 8.99. The second-order valence-electron chi connectivity index (χ2n) is 7.11. The summed E-state index contributed by atoms with van der Waals surface area (Å²) in [4.78, 5) is 30.6. The zero-order valence-corrected chi connectivity index (χ0v) is 14.2. The Bertz CT molecular complexity index is 429. The Morgan fingerprint density at radius 1 is 1.09 bits per heavy atom. The second kappa shape index (κ2) is 7.62. The van der Waals surface area contributed by atoms with Crippen molar-refractivity contribution in [1.29, 1.82) is 0 Å². The quantitative estimate of drug-likeness (QED) is 0.704. The SMILES string of the molecule is CN1CC[C@H](C(=O)N2CCC(CCN3CCOCC3)CC2)C1=O. The first-order chi connectivity index (χ1) is 11.1. The van der Waals surface area contributed by atoms with E-state index in [2.05, 4.69) is 4.90 Å². The maximum Gasteiger partial charge on any atom is 0.235 e. The van der Waals surface area contributed by atoms with Gasteiger partial charge in [0.25, 0.3) is 0 Å². The van der Waals surface area contributed by atoms with Crippen LogP contribution in [-0.4, -0.2) is 86.0 Å². The summed E-state index contributed by atoms with van der Waals surface area (Å²) in [5.41, 5.74) is 0. The molecule has 3 aliphatic heterocycles. The van der Waals surface area contributed by atoms with Gasteiger partial charge in [0, 0.05) is 39.8 Å². The molecule has 0 spiro atoms. The molecule has 0 radical (unpaired) electrons. The van der Waals surface area contributed by atoms with Crippen LogP contribution in [0.2, 0.25) is 0 Å². The molecule has 3 rings (SSSR count). The van der Waals surface area contributed by atoms with Gasteiger partial charge in [0.2, 0.25) is 11.8 Å². The lowest BCUT2D eigenvalue weighted by molar-refractivity contribution is -0.143. The minimum absolute atomic E-state index is 0.00411. The number of hydrogen-bond acceptors (Lipinski definition) is 4. The Morgan fingerprint density at radius 3 is 2.39 bits per heavy atom. The third-order valence-electron chi connectivity index (χ3n) is 5.61. The zero-order valence-electron chi connectivity index (χ0n) is 14.2. The highest BCUT2D eigenvalue weighted by molar-refractivity contribution is 6.01. The maximum absolute atomic E-state index is 12.5. The highest BCUT2D eigenvalue weighted by atomic mass is 16.5. The fourth-order valence-electron chi connectivity index (χ4n) is 3.90. The fourth-order valence-corrected chi connectivity index (χ4v) is 3.90. The van der Waals surface area contributed by atoms with Crippen molar-refractivity contribution in [3.05, 3.63) is 0 Å². The van der Waals surface area contributed by atoms with Crippen LogP contribution in [0, 0.1) is 11.8 Å². The van der Waals surface area contributed by atoms with Gasteiger partial charge in [-0.15, -0.1) is 0 Å². The van der Waals surface area contributed by atoms with E-state index in [-0.39, 0.29) is 11.8 Å². The molecule has 0 aromatic carbocycles. The lowest BCUT2D eigenvalue weighted by atomic mass is 9.92. The van der Waals surface area contributed by atoms with E-state index in [9.17, 15) is 9.59 Å². The molecule has 0 aromatic rings. The van der Waals surface area contributed by atoms with Crippen molar-refractivity contribution in [3.63, 3.8) is 0 Å². The van der Waals surface area contributed by atoms with E-state index < -0.39 is 5.92 Å². The number of rotatable bonds is 4. The Hall–Kier alpha value is -1.14. The Morgan fingerprint density at radius 2 is 1.78 bits per heavy atom. The minimum Gasteiger partial charge on any atom is -0.379 e. The van der Waals surface area contributed by atoms with E-state index in [0.717, 1.165) is 58.8 Å². The van der Waals surface area contributed by atoms with Crippen LogP contribution < -0.4 is 0 Å². The smallest absolute Gasteiger partial charge is 0.235 e. The van der Waals surface area contributed by atoms with Gasteiger partial charge in [-0.25, -0.2) is 0 Å². The maximum atomic E-state index is 12.5. The molecule has 3 saturated heterocycles. The Labute approximate surface area is 138 Å². The Balaban J connectivity index is 1.39. The van der Waals surface area contributed by atoms with Crippen molar-refractivity contribution >= 4 is 11.8 Å². The second-order valence-corrected chi connectivity index (χ2v) is 7.11. The van der Waals surface area contributed by atoms with Crippen LogP contribution in [0.4, 0.5) is 0 Å². The number of carbonyl (C=O) groups excluding carboxylic acids is 2. The summed E-state index contributed by atoms with van der Waals surface area (Å²) in [5.74, 6) is 0.365. The highest BCUT2D eigenvalue weighted by Crippen LogP contribution is 2.25. The first kappa shape index (κ1) is 16.7. The van der Waals surface area contributed by atoms with Crippen LogP contribution >= 0.6 is 0 Å². The summed E-state index contributed by atoms with van der Waals surface area (Å²) < 4.78 is 5.38. The third kappa shape index (κ3) is 4.04. The van der Waals surface area contributed by atoms with E-state index in [4.69, 9.17) is 4.74 Å². The molecular weight excluding hydrogens is 294 g/mol. The van der Waals surface area contributed by atoms with E-state index in [1.54, 1.807) is 11.9 Å². The number of ether oxygens (including phenoxy) is 1. The Kier molecular flexibility index (Phi) is 5.54. The van der Waals surface area contributed by atoms with Crippen molar-refractivity contribution < 1.29 is 14.3 Å². The predicted octanol–water partition coefficient (Wildman–Crippen LogP) is 0.426. The molecule has 130 valence electrons. The predicted molar refractivity (Wildman–Crippen MR) is 86.9 cm³/mol. The average molecular weight is 323 g/mol. The van der Waals surface area contributed by atoms with Crippen LogP contribution in [0.1, 0.15) is 25.7 Å². The highest BCUT2D eigenvalue weighted by Gasteiger charge is 2.38. The van der Waals surface area contributed by atoms with E-state index in [1.807, 2.05) is 4.90 Å². The van der Waals surface area contributed by atoms with Gasteiger partial charge in [-0.2, -0.15) is 0 Å². The van der Waals surface area contributed by atoms with Crippen LogP contribution in [-0.2, 0) is 14.3 Å². The van der Waals surface area contributed by atoms with E-state index in [1.165, 1.54) is 6.42 Å². The average Bonchev–Trinajstić information content (AvgIpc) is 2.93.